The van der Waals surface area contributed by atoms with Crippen molar-refractivity contribution in [2.45, 2.75) is 24.5 Å². The van der Waals surface area contributed by atoms with Crippen molar-refractivity contribution in [2.75, 3.05) is 12.3 Å². The molecule has 3 aromatic rings. The normalized spacial score (nSPS) is 23.1. The van der Waals surface area contributed by atoms with Crippen LogP contribution in [-0.2, 0) is 19.2 Å². The zero-order valence-electron chi connectivity index (χ0n) is 16.4. The molecule has 0 bridgehead atoms. The Morgan fingerprint density at radius 2 is 2.03 bits per heavy atom. The molecule has 4 atom stereocenters. The van der Waals surface area contributed by atoms with Crippen LogP contribution in [0.2, 0.25) is 0 Å². The van der Waals surface area contributed by atoms with E-state index in [-0.39, 0.29) is 17.0 Å². The SMILES string of the molecule is Nc1ncnc2c1ncn2[C@@H]1O[C@H](COS(=O)(=O)NC(=O)c2c(O)cccc2F)[C@@H](O)[C@H]1O. The second-order valence-corrected chi connectivity index (χ2v) is 8.28. The summed E-state index contributed by atoms with van der Waals surface area (Å²) in [4.78, 5) is 23.9. The van der Waals surface area contributed by atoms with E-state index in [0.717, 1.165) is 24.5 Å². The first-order valence-corrected chi connectivity index (χ1v) is 10.6. The predicted molar refractivity (Wildman–Crippen MR) is 106 cm³/mol. The molecule has 0 aliphatic carbocycles. The van der Waals surface area contributed by atoms with E-state index in [0.29, 0.717) is 0 Å². The molecule has 16 heteroatoms. The summed E-state index contributed by atoms with van der Waals surface area (Å²) in [6.45, 7) is -0.815. The standard InChI is InChI=1S/C17H17FN6O8S/c18-7-2-1-3-8(25)10(7)16(28)23-33(29,30)31-4-9-12(26)13(27)17(32-9)24-6-22-11-14(19)20-5-21-15(11)24/h1-3,5-6,9,12-13,17,25-27H,4H2,(H,23,28)(H2,19,20,21)/t9-,12-,13-,17-/m1/s1. The van der Waals surface area contributed by atoms with Crippen molar-refractivity contribution in [3.05, 3.63) is 42.2 Å². The number of nitrogens with one attached hydrogen (secondary N) is 1. The van der Waals surface area contributed by atoms with Crippen LogP contribution in [-0.4, -0.2) is 74.1 Å². The lowest BCUT2D eigenvalue weighted by molar-refractivity contribution is -0.0468. The lowest BCUT2D eigenvalue weighted by Crippen LogP contribution is -2.38. The first-order valence-electron chi connectivity index (χ1n) is 9.22. The molecule has 0 unspecified atom stereocenters. The number of rotatable bonds is 6. The largest absolute Gasteiger partial charge is 0.507 e. The maximum Gasteiger partial charge on any atom is 0.362 e. The molecule has 0 radical (unpaired) electrons. The molecule has 1 fully saturated rings. The van der Waals surface area contributed by atoms with Crippen molar-refractivity contribution < 1.29 is 41.8 Å². The zero-order valence-corrected chi connectivity index (χ0v) is 17.3. The summed E-state index contributed by atoms with van der Waals surface area (Å²) >= 11 is 0. The lowest BCUT2D eigenvalue weighted by Gasteiger charge is -2.16. The molecule has 6 N–H and O–H groups in total. The average molecular weight is 484 g/mol. The molecule has 3 heterocycles. The van der Waals surface area contributed by atoms with Crippen LogP contribution in [0, 0.1) is 5.82 Å². The molecule has 1 amide bonds. The van der Waals surface area contributed by atoms with Crippen molar-refractivity contribution in [1.29, 1.82) is 0 Å². The van der Waals surface area contributed by atoms with Crippen LogP contribution in [0.5, 0.6) is 5.75 Å². The Balaban J connectivity index is 1.45. The van der Waals surface area contributed by atoms with Gasteiger partial charge >= 0.3 is 10.3 Å². The summed E-state index contributed by atoms with van der Waals surface area (Å²) in [5.74, 6) is -3.33. The first kappa shape index (κ1) is 22.7. The number of anilines is 1. The van der Waals surface area contributed by atoms with Gasteiger partial charge in [0.15, 0.2) is 17.7 Å². The third-order valence-electron chi connectivity index (χ3n) is 4.82. The van der Waals surface area contributed by atoms with Crippen LogP contribution >= 0.6 is 0 Å². The van der Waals surface area contributed by atoms with Crippen molar-refractivity contribution in [3.63, 3.8) is 0 Å². The highest BCUT2D eigenvalue weighted by Crippen LogP contribution is 2.32. The molecule has 1 aliphatic rings. The third-order valence-corrected chi connectivity index (χ3v) is 5.70. The Hall–Kier alpha value is -3.44. The van der Waals surface area contributed by atoms with E-state index in [1.54, 1.807) is 0 Å². The number of hydrogen-bond acceptors (Lipinski definition) is 12. The molecular formula is C17H17FN6O8S. The van der Waals surface area contributed by atoms with Gasteiger partial charge in [0.05, 0.1) is 12.9 Å². The Kier molecular flexibility index (Phi) is 5.85. The number of nitrogens with two attached hydrogens (primary N) is 1. The molecule has 33 heavy (non-hydrogen) atoms. The lowest BCUT2D eigenvalue weighted by atomic mass is 10.1. The van der Waals surface area contributed by atoms with E-state index in [4.69, 9.17) is 10.5 Å². The number of benzene rings is 1. The minimum absolute atomic E-state index is 0.0781. The van der Waals surface area contributed by atoms with E-state index in [1.807, 2.05) is 0 Å². The average Bonchev–Trinajstić information content (AvgIpc) is 3.29. The van der Waals surface area contributed by atoms with Crippen LogP contribution < -0.4 is 10.5 Å². The van der Waals surface area contributed by atoms with Crippen LogP contribution in [0.15, 0.2) is 30.9 Å². The highest BCUT2D eigenvalue weighted by atomic mass is 32.2. The topological polar surface area (TPSA) is 212 Å². The van der Waals surface area contributed by atoms with Crippen LogP contribution in [0.1, 0.15) is 16.6 Å². The third kappa shape index (κ3) is 4.29. The maximum atomic E-state index is 13.8. The number of nitrogens with zero attached hydrogens (tertiary/aromatic N) is 4. The van der Waals surface area contributed by atoms with Crippen molar-refractivity contribution in [1.82, 2.24) is 24.2 Å². The van der Waals surface area contributed by atoms with Crippen molar-refractivity contribution >= 4 is 33.2 Å². The van der Waals surface area contributed by atoms with E-state index >= 15 is 0 Å². The number of carbonyl (C=O) groups excluding carboxylic acids is 1. The van der Waals surface area contributed by atoms with Gasteiger partial charge in [-0.3, -0.25) is 13.5 Å². The molecule has 0 saturated carbocycles. The monoisotopic (exact) mass is 484 g/mol. The van der Waals surface area contributed by atoms with Gasteiger partial charge in [0.1, 0.15) is 47.3 Å². The number of aliphatic hydroxyl groups is 2. The Morgan fingerprint density at radius 1 is 1.27 bits per heavy atom. The summed E-state index contributed by atoms with van der Waals surface area (Å²) in [6, 6.07) is 2.97. The molecular weight excluding hydrogens is 467 g/mol. The minimum Gasteiger partial charge on any atom is -0.507 e. The number of carbonyl (C=O) groups is 1. The molecule has 14 nitrogen and oxygen atoms in total. The van der Waals surface area contributed by atoms with Gasteiger partial charge in [-0.25, -0.2) is 24.1 Å². The smallest absolute Gasteiger partial charge is 0.362 e. The van der Waals surface area contributed by atoms with E-state index < -0.39 is 64.5 Å². The number of halogens is 1. The summed E-state index contributed by atoms with van der Waals surface area (Å²) in [5.41, 5.74) is 5.24. The van der Waals surface area contributed by atoms with Crippen molar-refractivity contribution in [3.8, 4) is 5.75 Å². The number of nitrogen functional groups attached to an aromatic ring is 1. The van der Waals surface area contributed by atoms with Gasteiger partial charge in [0, 0.05) is 0 Å². The number of aliphatic hydroxyl groups excluding tert-OH is 2. The van der Waals surface area contributed by atoms with Crippen LogP contribution in [0.4, 0.5) is 10.2 Å². The molecule has 2 aromatic heterocycles. The van der Waals surface area contributed by atoms with Gasteiger partial charge in [-0.15, -0.1) is 0 Å². The summed E-state index contributed by atoms with van der Waals surface area (Å²) in [5, 5.41) is 30.2. The summed E-state index contributed by atoms with van der Waals surface area (Å²) < 4.78 is 50.8. The molecule has 0 spiro atoms. The van der Waals surface area contributed by atoms with Crippen LogP contribution in [0.3, 0.4) is 0 Å². The number of amides is 1. The second-order valence-electron chi connectivity index (χ2n) is 6.93. The predicted octanol–water partition coefficient (Wildman–Crippen LogP) is -1.44. The first-order chi connectivity index (χ1) is 15.6. The summed E-state index contributed by atoms with van der Waals surface area (Å²) in [6.07, 6.45) is -3.28. The maximum absolute atomic E-state index is 13.8. The molecule has 1 aliphatic heterocycles. The number of phenolic OH excluding ortho intramolecular Hbond substituents is 1. The fraction of sp³-hybridized carbons (Fsp3) is 0.294. The number of aromatic nitrogens is 4. The number of ether oxygens (including phenoxy) is 1. The van der Waals surface area contributed by atoms with Gasteiger partial charge in [-0.05, 0) is 12.1 Å². The Morgan fingerprint density at radius 3 is 2.76 bits per heavy atom. The van der Waals surface area contributed by atoms with Crippen LogP contribution in [0.25, 0.3) is 11.2 Å². The van der Waals surface area contributed by atoms with E-state index in [9.17, 15) is 32.9 Å². The number of imidazole rings is 1. The summed E-state index contributed by atoms with van der Waals surface area (Å²) in [7, 11) is -4.81. The Labute approximate surface area is 184 Å². The van der Waals surface area contributed by atoms with Gasteiger partial charge in [-0.1, -0.05) is 6.07 Å². The number of fused-ring (bicyclic) bond motifs is 1. The fourth-order valence-electron chi connectivity index (χ4n) is 3.24. The number of phenols is 1. The highest BCUT2D eigenvalue weighted by Gasteiger charge is 2.45. The quantitative estimate of drug-likeness (QED) is 0.272. The zero-order chi connectivity index (χ0) is 23.9. The van der Waals surface area contributed by atoms with Gasteiger partial charge in [-0.2, -0.15) is 8.42 Å². The number of aromatic hydroxyl groups is 1. The molecule has 4 rings (SSSR count). The molecule has 1 saturated heterocycles. The van der Waals surface area contributed by atoms with Gasteiger partial charge in [0.2, 0.25) is 0 Å². The Bertz CT molecular complexity index is 1300. The highest BCUT2D eigenvalue weighted by molar-refractivity contribution is 7.85. The molecule has 1 aromatic carbocycles. The number of hydrogen-bond donors (Lipinski definition) is 5. The van der Waals surface area contributed by atoms with Gasteiger partial charge < -0.3 is 25.8 Å². The minimum atomic E-state index is -4.81. The fourth-order valence-corrected chi connectivity index (χ4v) is 3.94. The van der Waals surface area contributed by atoms with E-state index in [1.165, 1.54) is 15.6 Å². The second kappa shape index (κ2) is 8.49. The molecule has 176 valence electrons. The van der Waals surface area contributed by atoms with Gasteiger partial charge in [0.25, 0.3) is 5.91 Å². The van der Waals surface area contributed by atoms with Crippen molar-refractivity contribution in [2.24, 2.45) is 0 Å². The van der Waals surface area contributed by atoms with E-state index in [2.05, 4.69) is 19.1 Å².